The van der Waals surface area contributed by atoms with E-state index in [-0.39, 0.29) is 5.75 Å². The molecule has 90 valence electrons. The molecule has 1 aromatic heterocycles. The van der Waals surface area contributed by atoms with Crippen LogP contribution in [0.3, 0.4) is 0 Å². The van der Waals surface area contributed by atoms with Crippen LogP contribution in [0, 0.1) is 0 Å². The van der Waals surface area contributed by atoms with Gasteiger partial charge in [-0.05, 0) is 18.1 Å². The van der Waals surface area contributed by atoms with E-state index in [0.717, 1.165) is 5.56 Å². The Morgan fingerprint density at radius 3 is 2.81 bits per heavy atom. The van der Waals surface area contributed by atoms with Crippen molar-refractivity contribution in [1.82, 2.24) is 9.29 Å². The maximum atomic E-state index is 11.7. The number of halogens is 1. The Kier molecular flexibility index (Phi) is 5.18. The Morgan fingerprint density at radius 2 is 2.25 bits per heavy atom. The summed E-state index contributed by atoms with van der Waals surface area (Å²) in [7, 11) is -1.63. The van der Waals surface area contributed by atoms with Crippen molar-refractivity contribution in [1.29, 1.82) is 0 Å². The van der Waals surface area contributed by atoms with Crippen LogP contribution in [0.1, 0.15) is 12.0 Å². The largest absolute Gasteiger partial charge is 0.264 e. The van der Waals surface area contributed by atoms with Gasteiger partial charge in [-0.3, -0.25) is 4.98 Å². The van der Waals surface area contributed by atoms with Crippen LogP contribution in [0.15, 0.2) is 24.5 Å². The molecule has 4 nitrogen and oxygen atoms in total. The van der Waals surface area contributed by atoms with Crippen molar-refractivity contribution >= 4 is 21.6 Å². The molecule has 0 atom stereocenters. The molecule has 0 bridgehead atoms. The molecule has 6 heteroatoms. The average molecular weight is 263 g/mol. The lowest BCUT2D eigenvalue weighted by Gasteiger charge is -2.16. The second-order valence-electron chi connectivity index (χ2n) is 3.48. The molecule has 0 aliphatic rings. The SMILES string of the molecule is CN(Cc1cccnc1)S(=O)(=O)CCCCl. The first-order valence-corrected chi connectivity index (χ1v) is 7.09. The highest BCUT2D eigenvalue weighted by molar-refractivity contribution is 7.89. The van der Waals surface area contributed by atoms with Crippen LogP contribution < -0.4 is 0 Å². The Bertz CT molecular complexity index is 408. The fourth-order valence-electron chi connectivity index (χ4n) is 1.24. The molecule has 0 saturated carbocycles. The van der Waals surface area contributed by atoms with Gasteiger partial charge in [0.05, 0.1) is 5.75 Å². The third kappa shape index (κ3) is 4.08. The minimum atomic E-state index is -3.20. The molecule has 0 N–H and O–H groups in total. The van der Waals surface area contributed by atoms with Gasteiger partial charge in [0.2, 0.25) is 10.0 Å². The molecule has 1 rings (SSSR count). The van der Waals surface area contributed by atoms with E-state index in [0.29, 0.717) is 18.8 Å². The van der Waals surface area contributed by atoms with Crippen molar-refractivity contribution in [3.63, 3.8) is 0 Å². The van der Waals surface area contributed by atoms with Crippen molar-refractivity contribution < 1.29 is 8.42 Å². The monoisotopic (exact) mass is 262 g/mol. The lowest BCUT2D eigenvalue weighted by Crippen LogP contribution is -2.29. The standard InChI is InChI=1S/C10H15ClN2O2S/c1-13(16(14,15)7-3-5-11)9-10-4-2-6-12-8-10/h2,4,6,8H,3,5,7,9H2,1H3. The number of hydrogen-bond acceptors (Lipinski definition) is 3. The molecule has 0 radical (unpaired) electrons. The van der Waals surface area contributed by atoms with Gasteiger partial charge in [-0.25, -0.2) is 12.7 Å². The molecule has 0 saturated heterocycles. The van der Waals surface area contributed by atoms with Crippen molar-refractivity contribution in [3.8, 4) is 0 Å². The summed E-state index contributed by atoms with van der Waals surface area (Å²) in [6, 6.07) is 3.63. The van der Waals surface area contributed by atoms with E-state index in [2.05, 4.69) is 4.98 Å². The van der Waals surface area contributed by atoms with Gasteiger partial charge in [-0.15, -0.1) is 11.6 Å². The van der Waals surface area contributed by atoms with Crippen LogP contribution in [-0.4, -0.2) is 36.4 Å². The van der Waals surface area contributed by atoms with E-state index in [1.54, 1.807) is 25.5 Å². The van der Waals surface area contributed by atoms with Crippen molar-refractivity contribution in [2.45, 2.75) is 13.0 Å². The number of hydrogen-bond donors (Lipinski definition) is 0. The highest BCUT2D eigenvalue weighted by Gasteiger charge is 2.17. The summed E-state index contributed by atoms with van der Waals surface area (Å²) in [5, 5.41) is 0. The third-order valence-corrected chi connectivity index (χ3v) is 4.29. The van der Waals surface area contributed by atoms with Gasteiger partial charge >= 0.3 is 0 Å². The van der Waals surface area contributed by atoms with Gasteiger partial charge in [-0.1, -0.05) is 6.07 Å². The van der Waals surface area contributed by atoms with Gasteiger partial charge in [-0.2, -0.15) is 0 Å². The molecule has 0 amide bonds. The average Bonchev–Trinajstić information content (AvgIpc) is 2.28. The minimum absolute atomic E-state index is 0.0905. The van der Waals surface area contributed by atoms with Crippen LogP contribution >= 0.6 is 11.6 Å². The molecule has 0 aromatic carbocycles. The maximum Gasteiger partial charge on any atom is 0.214 e. The molecule has 16 heavy (non-hydrogen) atoms. The van der Waals surface area contributed by atoms with Crippen LogP contribution in [0.4, 0.5) is 0 Å². The van der Waals surface area contributed by atoms with Crippen LogP contribution in [0.25, 0.3) is 0 Å². The summed E-state index contributed by atoms with van der Waals surface area (Å²) in [6.45, 7) is 0.346. The van der Waals surface area contributed by atoms with Gasteiger partial charge in [0.1, 0.15) is 0 Å². The van der Waals surface area contributed by atoms with E-state index in [1.807, 2.05) is 6.07 Å². The molecule has 0 spiro atoms. The van der Waals surface area contributed by atoms with E-state index < -0.39 is 10.0 Å². The second kappa shape index (κ2) is 6.18. The number of pyridine rings is 1. The summed E-state index contributed by atoms with van der Waals surface area (Å²) in [6.07, 6.45) is 3.79. The van der Waals surface area contributed by atoms with Crippen LogP contribution in [0.5, 0.6) is 0 Å². The van der Waals surface area contributed by atoms with Crippen molar-refractivity contribution in [3.05, 3.63) is 30.1 Å². The third-order valence-electron chi connectivity index (χ3n) is 2.14. The molecule has 0 fully saturated rings. The normalized spacial score (nSPS) is 11.9. The Labute approximate surface area is 101 Å². The highest BCUT2D eigenvalue weighted by atomic mass is 35.5. The number of sulfonamides is 1. The highest BCUT2D eigenvalue weighted by Crippen LogP contribution is 2.07. The molecule has 1 aromatic rings. The summed E-state index contributed by atoms with van der Waals surface area (Å²) in [5.41, 5.74) is 0.874. The number of alkyl halides is 1. The topological polar surface area (TPSA) is 50.3 Å². The smallest absolute Gasteiger partial charge is 0.214 e. The van der Waals surface area contributed by atoms with E-state index in [1.165, 1.54) is 4.31 Å². The van der Waals surface area contributed by atoms with E-state index >= 15 is 0 Å². The Hall–Kier alpha value is -0.650. The molecule has 0 aliphatic heterocycles. The van der Waals surface area contributed by atoms with E-state index in [9.17, 15) is 8.42 Å². The molecular weight excluding hydrogens is 248 g/mol. The van der Waals surface area contributed by atoms with Gasteiger partial charge in [0, 0.05) is 31.9 Å². The number of aromatic nitrogens is 1. The van der Waals surface area contributed by atoms with Gasteiger partial charge in [0.15, 0.2) is 0 Å². The lowest BCUT2D eigenvalue weighted by molar-refractivity contribution is 0.465. The molecule has 0 unspecified atom stereocenters. The van der Waals surface area contributed by atoms with Crippen molar-refractivity contribution in [2.75, 3.05) is 18.7 Å². The number of rotatable bonds is 6. The summed E-state index contributed by atoms with van der Waals surface area (Å²) >= 11 is 5.48. The Morgan fingerprint density at radius 1 is 1.50 bits per heavy atom. The fourth-order valence-corrected chi connectivity index (χ4v) is 2.70. The first-order chi connectivity index (χ1) is 7.56. The van der Waals surface area contributed by atoms with Crippen LogP contribution in [-0.2, 0) is 16.6 Å². The number of nitrogens with zero attached hydrogens (tertiary/aromatic N) is 2. The quantitative estimate of drug-likeness (QED) is 0.730. The van der Waals surface area contributed by atoms with Crippen molar-refractivity contribution in [2.24, 2.45) is 0 Å². The maximum absolute atomic E-state index is 11.7. The van der Waals surface area contributed by atoms with Crippen LogP contribution in [0.2, 0.25) is 0 Å². The molecular formula is C10H15ClN2O2S. The second-order valence-corrected chi connectivity index (χ2v) is 6.05. The lowest BCUT2D eigenvalue weighted by atomic mass is 10.3. The first kappa shape index (κ1) is 13.4. The zero-order valence-electron chi connectivity index (χ0n) is 9.13. The summed E-state index contributed by atoms with van der Waals surface area (Å²) in [5.74, 6) is 0.452. The van der Waals surface area contributed by atoms with Gasteiger partial charge < -0.3 is 0 Å². The van der Waals surface area contributed by atoms with Gasteiger partial charge in [0.25, 0.3) is 0 Å². The predicted molar refractivity (Wildman–Crippen MR) is 64.8 cm³/mol. The zero-order valence-corrected chi connectivity index (χ0v) is 10.7. The minimum Gasteiger partial charge on any atom is -0.264 e. The molecule has 0 aliphatic carbocycles. The Balaban J connectivity index is 2.61. The predicted octanol–water partition coefficient (Wildman–Crippen LogP) is 1.47. The first-order valence-electron chi connectivity index (χ1n) is 4.95. The summed E-state index contributed by atoms with van der Waals surface area (Å²) < 4.78 is 24.8. The van der Waals surface area contributed by atoms with E-state index in [4.69, 9.17) is 11.6 Å². The summed E-state index contributed by atoms with van der Waals surface area (Å²) in [4.78, 5) is 3.94. The fraction of sp³-hybridized carbons (Fsp3) is 0.500. The zero-order chi connectivity index (χ0) is 12.0. The molecule has 1 heterocycles.